The molecular weight excluding hydrogens is 443 g/mol. The van der Waals surface area contributed by atoms with Gasteiger partial charge in [0.1, 0.15) is 22.8 Å². The molecule has 9 heteroatoms. The number of furan rings is 1. The normalized spacial score (nSPS) is 12.1. The Morgan fingerprint density at radius 1 is 1.03 bits per heavy atom. The van der Waals surface area contributed by atoms with Gasteiger partial charge in [0.25, 0.3) is 5.69 Å². The van der Waals surface area contributed by atoms with Crippen molar-refractivity contribution in [2.75, 3.05) is 0 Å². The number of benzene rings is 3. The van der Waals surface area contributed by atoms with Crippen LogP contribution in [0.5, 0.6) is 0 Å². The summed E-state index contributed by atoms with van der Waals surface area (Å²) in [6.45, 7) is 0. The van der Waals surface area contributed by atoms with E-state index in [4.69, 9.17) is 4.42 Å². The maximum absolute atomic E-state index is 13.3. The van der Waals surface area contributed by atoms with Crippen LogP contribution in [0.3, 0.4) is 0 Å². The summed E-state index contributed by atoms with van der Waals surface area (Å²) in [6, 6.07) is 21.7. The van der Waals surface area contributed by atoms with Crippen LogP contribution < -0.4 is 4.80 Å². The minimum atomic E-state index is -0.473. The van der Waals surface area contributed by atoms with E-state index in [0.29, 0.717) is 21.8 Å². The molecule has 0 saturated carbocycles. The summed E-state index contributed by atoms with van der Waals surface area (Å²) in [5.41, 5.74) is 2.15. The third kappa shape index (κ3) is 4.21. The lowest BCUT2D eigenvalue weighted by atomic mass is 10.2. The molecule has 0 amide bonds. The largest absolute Gasteiger partial charge is 0.454 e. The van der Waals surface area contributed by atoms with E-state index in [1.807, 2.05) is 35.7 Å². The molecule has 162 valence electrons. The van der Waals surface area contributed by atoms with Gasteiger partial charge in [-0.2, -0.15) is 5.10 Å². The number of para-hydroxylation sites is 3. The predicted octanol–water partition coefficient (Wildman–Crippen LogP) is 6.12. The Kier molecular flexibility index (Phi) is 5.37. The molecule has 0 aliphatic heterocycles. The molecule has 33 heavy (non-hydrogen) atoms. The Hall–Kier alpha value is -4.37. The average molecular weight is 458 g/mol. The zero-order valence-electron chi connectivity index (χ0n) is 17.0. The number of nitro benzene ring substituents is 1. The fourth-order valence-electron chi connectivity index (χ4n) is 3.26. The molecule has 0 radical (unpaired) electrons. The summed E-state index contributed by atoms with van der Waals surface area (Å²) in [5.74, 6) is 0.234. The molecule has 2 aromatic heterocycles. The number of thiazole rings is 1. The molecule has 5 aromatic rings. The Balaban J connectivity index is 1.68. The molecule has 0 fully saturated rings. The van der Waals surface area contributed by atoms with Crippen molar-refractivity contribution < 1.29 is 13.7 Å². The number of rotatable bonds is 5. The monoisotopic (exact) mass is 458 g/mol. The number of aromatic nitrogens is 1. The van der Waals surface area contributed by atoms with Crippen molar-refractivity contribution >= 4 is 39.9 Å². The molecule has 0 N–H and O–H groups in total. The van der Waals surface area contributed by atoms with Gasteiger partial charge in [-0.3, -0.25) is 10.1 Å². The molecule has 0 aliphatic carbocycles. The lowest BCUT2D eigenvalue weighted by Crippen LogP contribution is -2.11. The Labute approximate surface area is 190 Å². The fraction of sp³-hybridized carbons (Fsp3) is 0. The predicted molar refractivity (Wildman–Crippen MR) is 125 cm³/mol. The number of halogens is 1. The molecule has 0 aliphatic rings. The molecule has 0 unspecified atom stereocenters. The average Bonchev–Trinajstić information content (AvgIpc) is 3.42. The molecule has 0 saturated heterocycles. The highest BCUT2D eigenvalue weighted by atomic mass is 32.1. The summed E-state index contributed by atoms with van der Waals surface area (Å²) in [5, 5.41) is 18.7. The number of hydrogen-bond acceptors (Lipinski definition) is 6. The van der Waals surface area contributed by atoms with Gasteiger partial charge in [-0.25, -0.2) is 14.1 Å². The Morgan fingerprint density at radius 2 is 1.79 bits per heavy atom. The lowest BCUT2D eigenvalue weighted by Gasteiger charge is -2.01. The first kappa shape index (κ1) is 20.5. The van der Waals surface area contributed by atoms with Crippen LogP contribution in [0.2, 0.25) is 0 Å². The second-order valence-electron chi connectivity index (χ2n) is 7.02. The van der Waals surface area contributed by atoms with Crippen LogP contribution in [-0.2, 0) is 0 Å². The number of nitro groups is 1. The minimum Gasteiger partial charge on any atom is -0.454 e. The second-order valence-corrected chi connectivity index (χ2v) is 7.85. The highest BCUT2D eigenvalue weighted by Crippen LogP contribution is 2.29. The van der Waals surface area contributed by atoms with Gasteiger partial charge in [-0.05, 0) is 35.9 Å². The van der Waals surface area contributed by atoms with E-state index in [2.05, 4.69) is 10.1 Å². The number of hydrogen-bond donors (Lipinski definition) is 0. The molecule has 2 heterocycles. The van der Waals surface area contributed by atoms with Crippen molar-refractivity contribution in [2.24, 2.45) is 10.1 Å². The van der Waals surface area contributed by atoms with Crippen LogP contribution in [0.4, 0.5) is 15.8 Å². The van der Waals surface area contributed by atoms with Crippen LogP contribution in [0.25, 0.3) is 22.4 Å². The van der Waals surface area contributed by atoms with Gasteiger partial charge in [0.05, 0.1) is 11.1 Å². The second kappa shape index (κ2) is 8.64. The molecule has 0 spiro atoms. The van der Waals surface area contributed by atoms with Crippen molar-refractivity contribution in [1.82, 2.24) is 4.68 Å². The van der Waals surface area contributed by atoms with Gasteiger partial charge >= 0.3 is 0 Å². The third-order valence-corrected chi connectivity index (χ3v) is 5.67. The molecule has 3 aromatic carbocycles. The summed E-state index contributed by atoms with van der Waals surface area (Å²) in [7, 11) is 0. The third-order valence-electron chi connectivity index (χ3n) is 4.85. The van der Waals surface area contributed by atoms with Gasteiger partial charge in [0.2, 0.25) is 4.80 Å². The van der Waals surface area contributed by atoms with Crippen molar-refractivity contribution in [3.63, 3.8) is 0 Å². The Morgan fingerprint density at radius 3 is 2.58 bits per heavy atom. The van der Waals surface area contributed by atoms with Gasteiger partial charge in [-0.15, -0.1) is 11.3 Å². The summed E-state index contributed by atoms with van der Waals surface area (Å²) in [4.78, 5) is 15.9. The van der Waals surface area contributed by atoms with E-state index in [1.165, 1.54) is 29.5 Å². The zero-order chi connectivity index (χ0) is 22.8. The van der Waals surface area contributed by atoms with Crippen LogP contribution in [0.15, 0.2) is 98.8 Å². The van der Waals surface area contributed by atoms with Gasteiger partial charge in [-0.1, -0.05) is 42.5 Å². The number of fused-ring (bicyclic) bond motifs is 1. The number of nitrogens with zero attached hydrogens (tertiary/aromatic N) is 4. The standard InChI is InChI=1S/C24H15FN4O3S/c25-18-11-9-16(10-12-18)14-26-28-21(23-13-17-5-1-4-8-22(17)32-23)15-33-24(28)27-19-6-2-3-7-20(19)29(30)31/h1-15H. The summed E-state index contributed by atoms with van der Waals surface area (Å²) >= 11 is 1.27. The summed E-state index contributed by atoms with van der Waals surface area (Å²) in [6.07, 6.45) is 1.57. The highest BCUT2D eigenvalue weighted by Gasteiger charge is 2.15. The van der Waals surface area contributed by atoms with Crippen LogP contribution in [0, 0.1) is 15.9 Å². The van der Waals surface area contributed by atoms with Gasteiger partial charge < -0.3 is 4.42 Å². The van der Waals surface area contributed by atoms with E-state index < -0.39 is 4.92 Å². The first-order valence-corrected chi connectivity index (χ1v) is 10.7. The van der Waals surface area contributed by atoms with Crippen molar-refractivity contribution in [3.8, 4) is 11.5 Å². The zero-order valence-corrected chi connectivity index (χ0v) is 17.8. The van der Waals surface area contributed by atoms with Crippen LogP contribution in [0.1, 0.15) is 5.56 Å². The maximum Gasteiger partial charge on any atom is 0.294 e. The smallest absolute Gasteiger partial charge is 0.294 e. The van der Waals surface area contributed by atoms with Crippen molar-refractivity contribution in [3.05, 3.63) is 111 Å². The first-order valence-electron chi connectivity index (χ1n) is 9.86. The van der Waals surface area contributed by atoms with E-state index >= 15 is 0 Å². The van der Waals surface area contributed by atoms with E-state index in [0.717, 1.165) is 11.0 Å². The molecular formula is C24H15FN4O3S. The molecule has 0 bridgehead atoms. The lowest BCUT2D eigenvalue weighted by molar-refractivity contribution is -0.384. The van der Waals surface area contributed by atoms with Gasteiger partial charge in [0.15, 0.2) is 5.76 Å². The summed E-state index contributed by atoms with van der Waals surface area (Å²) < 4.78 is 20.8. The van der Waals surface area contributed by atoms with E-state index in [1.54, 1.807) is 41.2 Å². The SMILES string of the molecule is O=[N+]([O-])c1ccccc1N=c1scc(-c2cc3ccccc3o2)n1N=Cc1ccc(F)cc1. The van der Waals surface area contributed by atoms with Crippen LogP contribution >= 0.6 is 11.3 Å². The molecule has 7 nitrogen and oxygen atoms in total. The first-order chi connectivity index (χ1) is 16.1. The minimum absolute atomic E-state index is 0.106. The quantitative estimate of drug-likeness (QED) is 0.180. The van der Waals surface area contributed by atoms with Gasteiger partial charge in [0, 0.05) is 16.8 Å². The van der Waals surface area contributed by atoms with E-state index in [-0.39, 0.29) is 17.2 Å². The molecule has 5 rings (SSSR count). The maximum atomic E-state index is 13.3. The van der Waals surface area contributed by atoms with Crippen LogP contribution in [-0.4, -0.2) is 15.8 Å². The fourth-order valence-corrected chi connectivity index (χ4v) is 4.09. The highest BCUT2D eigenvalue weighted by molar-refractivity contribution is 7.07. The topological polar surface area (TPSA) is 85.9 Å². The Bertz CT molecular complexity index is 1530. The van der Waals surface area contributed by atoms with E-state index in [9.17, 15) is 14.5 Å². The van der Waals surface area contributed by atoms with Crippen molar-refractivity contribution in [2.45, 2.75) is 0 Å². The van der Waals surface area contributed by atoms with Crippen molar-refractivity contribution in [1.29, 1.82) is 0 Å². The molecule has 0 atom stereocenters.